The monoisotopic (exact) mass is 222 g/mol. The van der Waals surface area contributed by atoms with E-state index in [-0.39, 0.29) is 0 Å². The van der Waals surface area contributed by atoms with Gasteiger partial charge in [0, 0.05) is 0 Å². The highest BCUT2D eigenvalue weighted by molar-refractivity contribution is 5.34. The molecule has 0 aliphatic carbocycles. The molecule has 0 saturated carbocycles. The molecule has 1 atom stereocenters. The zero-order valence-electron chi connectivity index (χ0n) is 11.4. The van der Waals surface area contributed by atoms with E-state index in [9.17, 15) is 0 Å². The van der Waals surface area contributed by atoms with Crippen LogP contribution in [0, 0.1) is 0 Å². The van der Waals surface area contributed by atoms with E-state index in [1.165, 1.54) is 12.0 Å². The van der Waals surface area contributed by atoms with Crippen molar-refractivity contribution in [2.75, 3.05) is 0 Å². The van der Waals surface area contributed by atoms with Gasteiger partial charge in [0.05, 0.1) is 6.10 Å². The van der Waals surface area contributed by atoms with Crippen LogP contribution < -0.4 is 4.74 Å². The summed E-state index contributed by atoms with van der Waals surface area (Å²) in [7, 11) is 0. The first-order valence-corrected chi connectivity index (χ1v) is 6.52. The normalized spacial score (nSPS) is 16.7. The highest BCUT2D eigenvalue weighted by Crippen LogP contribution is 2.26. The Morgan fingerprint density at radius 3 is 2.38 bits per heavy atom. The molecule has 0 spiro atoms. The zero-order chi connectivity index (χ0) is 12.4. The first-order chi connectivity index (χ1) is 7.77. The SMILES string of the molecule is CC.CC1CCc2ccccc2O1.CCC. The second kappa shape index (κ2) is 9.26. The topological polar surface area (TPSA) is 9.23 Å². The van der Waals surface area contributed by atoms with Crippen LogP contribution in [0.4, 0.5) is 0 Å². The molecule has 1 aliphatic rings. The van der Waals surface area contributed by atoms with E-state index < -0.39 is 0 Å². The van der Waals surface area contributed by atoms with Crippen LogP contribution in [0.15, 0.2) is 24.3 Å². The van der Waals surface area contributed by atoms with Crippen LogP contribution in [0.2, 0.25) is 0 Å². The lowest BCUT2D eigenvalue weighted by atomic mass is 10.0. The zero-order valence-corrected chi connectivity index (χ0v) is 11.4. The maximum absolute atomic E-state index is 5.63. The molecule has 2 rings (SSSR count). The highest BCUT2D eigenvalue weighted by atomic mass is 16.5. The Kier molecular flexibility index (Phi) is 8.69. The van der Waals surface area contributed by atoms with Gasteiger partial charge in [0.15, 0.2) is 0 Å². The molecule has 1 nitrogen and oxygen atoms in total. The molecular weight excluding hydrogens is 196 g/mol. The number of hydrogen-bond acceptors (Lipinski definition) is 1. The molecule has 0 bridgehead atoms. The third-order valence-corrected chi connectivity index (χ3v) is 2.12. The lowest BCUT2D eigenvalue weighted by molar-refractivity contribution is 0.192. The van der Waals surface area contributed by atoms with Gasteiger partial charge in [0.1, 0.15) is 5.75 Å². The minimum atomic E-state index is 0.393. The second-order valence-corrected chi connectivity index (χ2v) is 3.78. The van der Waals surface area contributed by atoms with Crippen LogP contribution in [0.25, 0.3) is 0 Å². The molecule has 0 fully saturated rings. The summed E-state index contributed by atoms with van der Waals surface area (Å²) in [5.74, 6) is 1.08. The van der Waals surface area contributed by atoms with Crippen molar-refractivity contribution in [1.82, 2.24) is 0 Å². The molecule has 92 valence electrons. The highest BCUT2D eigenvalue weighted by Gasteiger charge is 2.13. The van der Waals surface area contributed by atoms with Gasteiger partial charge >= 0.3 is 0 Å². The maximum Gasteiger partial charge on any atom is 0.122 e. The molecule has 1 aromatic rings. The van der Waals surface area contributed by atoms with E-state index in [4.69, 9.17) is 4.74 Å². The van der Waals surface area contributed by atoms with Crippen LogP contribution in [-0.4, -0.2) is 6.10 Å². The summed E-state index contributed by atoms with van der Waals surface area (Å²) in [5.41, 5.74) is 1.35. The molecule has 1 heteroatoms. The molecule has 16 heavy (non-hydrogen) atoms. The van der Waals surface area contributed by atoms with E-state index in [0.29, 0.717) is 6.10 Å². The summed E-state index contributed by atoms with van der Waals surface area (Å²) in [6.45, 7) is 10.4. The molecule has 0 N–H and O–H groups in total. The van der Waals surface area contributed by atoms with E-state index in [1.807, 2.05) is 26.0 Å². The van der Waals surface area contributed by atoms with Gasteiger partial charge in [0.2, 0.25) is 0 Å². The van der Waals surface area contributed by atoms with Crippen molar-refractivity contribution in [3.63, 3.8) is 0 Å². The minimum Gasteiger partial charge on any atom is -0.490 e. The number of ether oxygens (including phenoxy) is 1. The fraction of sp³-hybridized carbons (Fsp3) is 0.600. The Morgan fingerprint density at radius 1 is 1.19 bits per heavy atom. The summed E-state index contributed by atoms with van der Waals surface area (Å²) in [6, 6.07) is 8.28. The van der Waals surface area contributed by atoms with E-state index in [0.717, 1.165) is 18.6 Å². The predicted molar refractivity (Wildman–Crippen MR) is 72.2 cm³/mol. The Bertz CT molecular complexity index is 268. The van der Waals surface area contributed by atoms with Gasteiger partial charge in [0.25, 0.3) is 0 Å². The third-order valence-electron chi connectivity index (χ3n) is 2.12. The summed E-state index contributed by atoms with van der Waals surface area (Å²) in [5, 5.41) is 0. The summed E-state index contributed by atoms with van der Waals surface area (Å²) >= 11 is 0. The van der Waals surface area contributed by atoms with Gasteiger partial charge in [-0.1, -0.05) is 52.3 Å². The molecule has 0 saturated heterocycles. The number of benzene rings is 1. The molecule has 0 amide bonds. The lowest BCUT2D eigenvalue weighted by Crippen LogP contribution is -2.18. The Labute approximate surface area is 101 Å². The van der Waals surface area contributed by atoms with Gasteiger partial charge < -0.3 is 4.74 Å². The smallest absolute Gasteiger partial charge is 0.122 e. The first kappa shape index (κ1) is 15.0. The van der Waals surface area contributed by atoms with Gasteiger partial charge in [-0.05, 0) is 31.4 Å². The molecule has 0 radical (unpaired) electrons. The van der Waals surface area contributed by atoms with Gasteiger partial charge in [-0.3, -0.25) is 0 Å². The quantitative estimate of drug-likeness (QED) is 0.610. The first-order valence-electron chi connectivity index (χ1n) is 6.52. The van der Waals surface area contributed by atoms with Crippen molar-refractivity contribution in [2.45, 2.75) is 60.0 Å². The summed E-state index contributed by atoms with van der Waals surface area (Å²) in [4.78, 5) is 0. The van der Waals surface area contributed by atoms with Crippen molar-refractivity contribution < 1.29 is 4.74 Å². The summed E-state index contributed by atoms with van der Waals surface area (Å²) in [6.07, 6.45) is 3.96. The molecule has 1 heterocycles. The van der Waals surface area contributed by atoms with Crippen molar-refractivity contribution >= 4 is 0 Å². The van der Waals surface area contributed by atoms with Crippen LogP contribution in [-0.2, 0) is 6.42 Å². The number of hydrogen-bond donors (Lipinski definition) is 0. The average Bonchev–Trinajstić information content (AvgIpc) is 2.32. The molecule has 1 aliphatic heterocycles. The summed E-state index contributed by atoms with van der Waals surface area (Å²) < 4.78 is 5.63. The predicted octanol–water partition coefficient (Wildman–Crippen LogP) is 4.84. The van der Waals surface area contributed by atoms with Crippen LogP contribution >= 0.6 is 0 Å². The number of fused-ring (bicyclic) bond motifs is 1. The Hall–Kier alpha value is -0.980. The van der Waals surface area contributed by atoms with E-state index in [1.54, 1.807) is 0 Å². The molecular formula is C15H26O. The number of para-hydroxylation sites is 1. The van der Waals surface area contributed by atoms with Crippen LogP contribution in [0.5, 0.6) is 5.75 Å². The van der Waals surface area contributed by atoms with Gasteiger partial charge in [-0.2, -0.15) is 0 Å². The average molecular weight is 222 g/mol. The molecule has 1 aromatic carbocycles. The van der Waals surface area contributed by atoms with Crippen LogP contribution in [0.1, 0.15) is 53.0 Å². The number of aryl methyl sites for hydroxylation is 1. The van der Waals surface area contributed by atoms with Crippen LogP contribution in [0.3, 0.4) is 0 Å². The lowest BCUT2D eigenvalue weighted by Gasteiger charge is -2.22. The van der Waals surface area contributed by atoms with Gasteiger partial charge in [-0.25, -0.2) is 0 Å². The van der Waals surface area contributed by atoms with Gasteiger partial charge in [-0.15, -0.1) is 0 Å². The third kappa shape index (κ3) is 5.20. The maximum atomic E-state index is 5.63. The second-order valence-electron chi connectivity index (χ2n) is 3.78. The molecule has 1 unspecified atom stereocenters. The van der Waals surface area contributed by atoms with Crippen molar-refractivity contribution in [2.24, 2.45) is 0 Å². The Balaban J connectivity index is 0.000000394. The van der Waals surface area contributed by atoms with Crippen molar-refractivity contribution in [3.05, 3.63) is 29.8 Å². The van der Waals surface area contributed by atoms with E-state index in [2.05, 4.69) is 32.9 Å². The largest absolute Gasteiger partial charge is 0.490 e. The van der Waals surface area contributed by atoms with Crippen molar-refractivity contribution in [3.8, 4) is 5.75 Å². The fourth-order valence-corrected chi connectivity index (χ4v) is 1.46. The fourth-order valence-electron chi connectivity index (χ4n) is 1.46. The molecule has 0 aromatic heterocycles. The van der Waals surface area contributed by atoms with E-state index >= 15 is 0 Å². The minimum absolute atomic E-state index is 0.393. The Morgan fingerprint density at radius 2 is 1.75 bits per heavy atom. The number of rotatable bonds is 0. The van der Waals surface area contributed by atoms with Crippen molar-refractivity contribution in [1.29, 1.82) is 0 Å². The standard InChI is InChI=1S/C10H12O.C3H8.C2H6/c1-8-6-7-9-4-2-3-5-10(9)11-8;1-3-2;1-2/h2-5,8H,6-7H2,1H3;3H2,1-2H3;1-2H3.